The van der Waals surface area contributed by atoms with Crippen molar-refractivity contribution < 1.29 is 20.1 Å². The Balaban J connectivity index is 1.97. The first-order valence-corrected chi connectivity index (χ1v) is 6.46. The lowest BCUT2D eigenvalue weighted by atomic mass is 10.1. The van der Waals surface area contributed by atoms with Crippen molar-refractivity contribution in [1.82, 2.24) is 0 Å². The van der Waals surface area contributed by atoms with E-state index in [1.54, 1.807) is 36.4 Å². The summed E-state index contributed by atoms with van der Waals surface area (Å²) in [4.78, 5) is 0. The lowest BCUT2D eigenvalue weighted by Gasteiger charge is -2.09. The average molecular weight is 282 g/mol. The summed E-state index contributed by atoms with van der Waals surface area (Å²) in [6.07, 6.45) is 0. The molecular weight excluding hydrogens is 268 g/mol. The van der Waals surface area contributed by atoms with Crippen molar-refractivity contribution in [2.24, 2.45) is 0 Å². The summed E-state index contributed by atoms with van der Waals surface area (Å²) in [5.74, 6) is 0.958. The summed E-state index contributed by atoms with van der Waals surface area (Å²) < 4.78 is 5.69. The van der Waals surface area contributed by atoms with E-state index in [0.29, 0.717) is 11.5 Å². The van der Waals surface area contributed by atoms with Gasteiger partial charge in [-0.2, -0.15) is 0 Å². The fourth-order valence-electron chi connectivity index (χ4n) is 2.10. The van der Waals surface area contributed by atoms with Crippen LogP contribution in [-0.4, -0.2) is 15.3 Å². The second-order valence-electron chi connectivity index (χ2n) is 4.90. The highest BCUT2D eigenvalue weighted by atomic mass is 16.5. The molecule has 0 aliphatic carbocycles. The van der Waals surface area contributed by atoms with Gasteiger partial charge in [-0.25, -0.2) is 0 Å². The van der Waals surface area contributed by atoms with Crippen LogP contribution in [-0.2, 0) is 0 Å². The van der Waals surface area contributed by atoms with Crippen molar-refractivity contribution in [2.45, 2.75) is 6.92 Å². The van der Waals surface area contributed by atoms with Gasteiger partial charge in [-0.15, -0.1) is 0 Å². The van der Waals surface area contributed by atoms with Gasteiger partial charge in [-0.05, 0) is 53.6 Å². The normalized spacial score (nSPS) is 10.7. The van der Waals surface area contributed by atoms with Crippen LogP contribution >= 0.6 is 0 Å². The molecule has 3 rings (SSSR count). The standard InChI is InChI=1S/C17H14O4/c1-10-2-4-14(9-15(10)18)21-13-5-3-11-7-16(19)17(20)8-12(11)6-13/h2-9,18-20H,1H3. The maximum absolute atomic E-state index is 9.68. The molecule has 0 aliphatic rings. The van der Waals surface area contributed by atoms with Crippen molar-refractivity contribution in [1.29, 1.82) is 0 Å². The lowest BCUT2D eigenvalue weighted by Crippen LogP contribution is -1.85. The van der Waals surface area contributed by atoms with Crippen LogP contribution in [0.5, 0.6) is 28.7 Å². The number of rotatable bonds is 2. The summed E-state index contributed by atoms with van der Waals surface area (Å²) in [5, 5.41) is 30.2. The zero-order valence-corrected chi connectivity index (χ0v) is 11.4. The molecule has 4 nitrogen and oxygen atoms in total. The van der Waals surface area contributed by atoms with Gasteiger partial charge in [0, 0.05) is 6.07 Å². The first-order chi connectivity index (χ1) is 10.0. The molecular formula is C17H14O4. The number of hydrogen-bond donors (Lipinski definition) is 3. The number of aromatic hydroxyl groups is 3. The third-order valence-corrected chi connectivity index (χ3v) is 3.32. The van der Waals surface area contributed by atoms with Gasteiger partial charge in [-0.1, -0.05) is 12.1 Å². The molecule has 0 heterocycles. The monoisotopic (exact) mass is 282 g/mol. The van der Waals surface area contributed by atoms with E-state index < -0.39 is 0 Å². The minimum absolute atomic E-state index is 0.153. The largest absolute Gasteiger partial charge is 0.508 e. The minimum Gasteiger partial charge on any atom is -0.508 e. The van der Waals surface area contributed by atoms with E-state index in [4.69, 9.17) is 4.74 Å². The molecule has 0 amide bonds. The second-order valence-corrected chi connectivity index (χ2v) is 4.90. The predicted octanol–water partition coefficient (Wildman–Crippen LogP) is 4.06. The van der Waals surface area contributed by atoms with Gasteiger partial charge < -0.3 is 20.1 Å². The Morgan fingerprint density at radius 2 is 1.29 bits per heavy atom. The number of ether oxygens (including phenoxy) is 1. The third kappa shape index (κ3) is 2.56. The molecule has 21 heavy (non-hydrogen) atoms. The molecule has 0 bridgehead atoms. The van der Waals surface area contributed by atoms with E-state index >= 15 is 0 Å². The van der Waals surface area contributed by atoms with Gasteiger partial charge in [-0.3, -0.25) is 0 Å². The Labute approximate surface area is 121 Å². The Morgan fingerprint density at radius 3 is 2.00 bits per heavy atom. The predicted molar refractivity (Wildman–Crippen MR) is 80.2 cm³/mol. The Kier molecular flexibility index (Phi) is 3.06. The van der Waals surface area contributed by atoms with Gasteiger partial charge in [0.25, 0.3) is 0 Å². The quantitative estimate of drug-likeness (QED) is 0.620. The molecule has 3 N–H and O–H groups in total. The Morgan fingerprint density at radius 1 is 0.667 bits per heavy atom. The average Bonchev–Trinajstić information content (AvgIpc) is 2.44. The SMILES string of the molecule is Cc1ccc(Oc2ccc3cc(O)c(O)cc3c2)cc1O. The van der Waals surface area contributed by atoms with E-state index in [-0.39, 0.29) is 17.2 Å². The molecule has 0 radical (unpaired) electrons. The van der Waals surface area contributed by atoms with E-state index in [2.05, 4.69) is 0 Å². The minimum atomic E-state index is -0.173. The fraction of sp³-hybridized carbons (Fsp3) is 0.0588. The van der Waals surface area contributed by atoms with Crippen LogP contribution in [0.15, 0.2) is 48.5 Å². The molecule has 0 spiro atoms. The molecule has 0 saturated carbocycles. The second kappa shape index (κ2) is 4.90. The fourth-order valence-corrected chi connectivity index (χ4v) is 2.10. The van der Waals surface area contributed by atoms with E-state index in [1.807, 2.05) is 6.92 Å². The molecule has 0 atom stereocenters. The maximum Gasteiger partial charge on any atom is 0.158 e. The van der Waals surface area contributed by atoms with Crippen LogP contribution in [0.4, 0.5) is 0 Å². The van der Waals surface area contributed by atoms with Crippen molar-refractivity contribution in [3.63, 3.8) is 0 Å². The van der Waals surface area contributed by atoms with Crippen LogP contribution in [0.25, 0.3) is 10.8 Å². The van der Waals surface area contributed by atoms with Crippen LogP contribution < -0.4 is 4.74 Å². The molecule has 0 fully saturated rings. The summed E-state index contributed by atoms with van der Waals surface area (Å²) >= 11 is 0. The summed E-state index contributed by atoms with van der Waals surface area (Å²) in [7, 11) is 0. The maximum atomic E-state index is 9.68. The molecule has 3 aromatic rings. The van der Waals surface area contributed by atoms with E-state index in [9.17, 15) is 15.3 Å². The van der Waals surface area contributed by atoms with Gasteiger partial charge in [0.05, 0.1) is 0 Å². The van der Waals surface area contributed by atoms with Crippen LogP contribution in [0, 0.1) is 6.92 Å². The molecule has 0 aromatic heterocycles. The first kappa shape index (κ1) is 13.1. The third-order valence-electron chi connectivity index (χ3n) is 3.32. The van der Waals surface area contributed by atoms with Gasteiger partial charge >= 0.3 is 0 Å². The number of benzene rings is 3. The summed E-state index contributed by atoms with van der Waals surface area (Å²) in [6, 6.07) is 13.4. The van der Waals surface area contributed by atoms with Gasteiger partial charge in [0.15, 0.2) is 11.5 Å². The van der Waals surface area contributed by atoms with Crippen molar-refractivity contribution >= 4 is 10.8 Å². The Hall–Kier alpha value is -2.88. The molecule has 3 aromatic carbocycles. The topological polar surface area (TPSA) is 69.9 Å². The Bertz CT molecular complexity index is 824. The molecule has 4 heteroatoms. The highest BCUT2D eigenvalue weighted by Crippen LogP contribution is 2.33. The van der Waals surface area contributed by atoms with Gasteiger partial charge in [0.1, 0.15) is 17.2 Å². The molecule has 0 saturated heterocycles. The van der Waals surface area contributed by atoms with E-state index in [0.717, 1.165) is 16.3 Å². The first-order valence-electron chi connectivity index (χ1n) is 6.46. The lowest BCUT2D eigenvalue weighted by molar-refractivity contribution is 0.405. The zero-order valence-electron chi connectivity index (χ0n) is 11.4. The van der Waals surface area contributed by atoms with E-state index in [1.165, 1.54) is 12.1 Å². The van der Waals surface area contributed by atoms with Crippen molar-refractivity contribution in [3.8, 4) is 28.7 Å². The number of fused-ring (bicyclic) bond motifs is 1. The van der Waals surface area contributed by atoms with Crippen LogP contribution in [0.1, 0.15) is 5.56 Å². The summed E-state index contributed by atoms with van der Waals surface area (Å²) in [6.45, 7) is 1.81. The van der Waals surface area contributed by atoms with Crippen LogP contribution in [0.2, 0.25) is 0 Å². The number of hydrogen-bond acceptors (Lipinski definition) is 4. The smallest absolute Gasteiger partial charge is 0.158 e. The zero-order chi connectivity index (χ0) is 15.0. The highest BCUT2D eigenvalue weighted by Gasteiger charge is 2.05. The molecule has 0 aliphatic heterocycles. The summed E-state index contributed by atoms with van der Waals surface area (Å²) in [5.41, 5.74) is 0.779. The van der Waals surface area contributed by atoms with Crippen LogP contribution in [0.3, 0.4) is 0 Å². The number of phenols is 3. The van der Waals surface area contributed by atoms with Crippen molar-refractivity contribution in [3.05, 3.63) is 54.1 Å². The molecule has 106 valence electrons. The van der Waals surface area contributed by atoms with Gasteiger partial charge in [0.2, 0.25) is 0 Å². The number of aryl methyl sites for hydroxylation is 1. The van der Waals surface area contributed by atoms with Crippen molar-refractivity contribution in [2.75, 3.05) is 0 Å². The highest BCUT2D eigenvalue weighted by molar-refractivity contribution is 5.87. The number of phenolic OH excluding ortho intramolecular Hbond substituents is 3. The molecule has 0 unspecified atom stereocenters.